The van der Waals surface area contributed by atoms with Crippen molar-refractivity contribution in [3.05, 3.63) is 59.3 Å². The number of hydrogen-bond donors (Lipinski definition) is 2. The largest absolute Gasteiger partial charge is 0.497 e. The Morgan fingerprint density at radius 2 is 2.00 bits per heavy atom. The highest BCUT2D eigenvalue weighted by atomic mass is 16.7. The fraction of sp³-hybridized carbons (Fsp3) is 0.273. The lowest BCUT2D eigenvalue weighted by Crippen LogP contribution is -2.29. The number of rotatable bonds is 7. The van der Waals surface area contributed by atoms with Crippen molar-refractivity contribution < 1.29 is 19.0 Å². The van der Waals surface area contributed by atoms with Crippen LogP contribution in [-0.4, -0.2) is 50.8 Å². The third kappa shape index (κ3) is 4.38. The first-order chi connectivity index (χ1) is 14.6. The zero-order valence-electron chi connectivity index (χ0n) is 17.0. The van der Waals surface area contributed by atoms with Crippen LogP contribution in [0.5, 0.6) is 17.2 Å². The van der Waals surface area contributed by atoms with Crippen LogP contribution in [0.15, 0.2) is 53.2 Å². The Bertz CT molecular complexity index is 985. The number of amides is 1. The van der Waals surface area contributed by atoms with Gasteiger partial charge in [0.1, 0.15) is 11.4 Å². The number of methoxy groups -OCH3 is 1. The molecule has 2 aromatic carbocycles. The molecule has 0 atom stereocenters. The van der Waals surface area contributed by atoms with Gasteiger partial charge in [0.15, 0.2) is 11.5 Å². The maximum Gasteiger partial charge on any atom is 0.276 e. The Balaban J connectivity index is 1.31. The lowest BCUT2D eigenvalue weighted by molar-refractivity contribution is -0.121. The Labute approximate surface area is 175 Å². The predicted octanol–water partition coefficient (Wildman–Crippen LogP) is 1.97. The van der Waals surface area contributed by atoms with E-state index in [2.05, 4.69) is 15.6 Å². The minimum atomic E-state index is -0.127. The van der Waals surface area contributed by atoms with E-state index in [0.717, 1.165) is 17.9 Å². The van der Waals surface area contributed by atoms with Crippen molar-refractivity contribution in [2.75, 3.05) is 34.0 Å². The molecular weight excluding hydrogens is 384 g/mol. The van der Waals surface area contributed by atoms with Gasteiger partial charge in [0.2, 0.25) is 12.8 Å². The van der Waals surface area contributed by atoms with E-state index in [9.17, 15) is 4.79 Å². The summed E-state index contributed by atoms with van der Waals surface area (Å²) in [5.74, 6) is 2.65. The smallest absolute Gasteiger partial charge is 0.276 e. The highest BCUT2D eigenvalue weighted by Gasteiger charge is 2.28. The molecule has 1 fully saturated rings. The van der Waals surface area contributed by atoms with Gasteiger partial charge in [-0.05, 0) is 41.5 Å². The maximum absolute atomic E-state index is 12.5. The molecule has 0 aromatic heterocycles. The molecule has 2 heterocycles. The molecular formula is C22H24N4O4. The first-order valence-corrected chi connectivity index (χ1v) is 9.68. The molecule has 1 amide bonds. The summed E-state index contributed by atoms with van der Waals surface area (Å²) in [6.07, 6.45) is 1.78. The van der Waals surface area contributed by atoms with Gasteiger partial charge in [-0.25, -0.2) is 0 Å². The number of benzene rings is 2. The minimum Gasteiger partial charge on any atom is -0.497 e. The molecule has 2 aromatic rings. The molecule has 0 saturated carbocycles. The summed E-state index contributed by atoms with van der Waals surface area (Å²) in [6.45, 7) is 2.21. The Morgan fingerprint density at radius 1 is 1.20 bits per heavy atom. The van der Waals surface area contributed by atoms with Gasteiger partial charge < -0.3 is 24.8 Å². The first-order valence-electron chi connectivity index (χ1n) is 9.68. The van der Waals surface area contributed by atoms with E-state index in [0.29, 0.717) is 36.2 Å². The van der Waals surface area contributed by atoms with E-state index >= 15 is 0 Å². The van der Waals surface area contributed by atoms with Gasteiger partial charge in [-0.15, -0.1) is 0 Å². The summed E-state index contributed by atoms with van der Waals surface area (Å²) in [5, 5.41) is 6.45. The fourth-order valence-electron chi connectivity index (χ4n) is 3.16. The van der Waals surface area contributed by atoms with Crippen LogP contribution >= 0.6 is 0 Å². The van der Waals surface area contributed by atoms with Crippen molar-refractivity contribution in [2.45, 2.75) is 6.54 Å². The van der Waals surface area contributed by atoms with Crippen molar-refractivity contribution in [2.24, 2.45) is 4.99 Å². The second-order valence-electron chi connectivity index (χ2n) is 6.89. The fourth-order valence-corrected chi connectivity index (χ4v) is 3.16. The molecule has 4 rings (SSSR count). The Morgan fingerprint density at radius 3 is 2.80 bits per heavy atom. The number of fused-ring (bicyclic) bond motifs is 1. The summed E-state index contributed by atoms with van der Waals surface area (Å²) in [5.41, 5.74) is 2.50. The predicted molar refractivity (Wildman–Crippen MR) is 113 cm³/mol. The number of likely N-dealkylation sites (N-methyl/N-ethyl adjacent to an activating group) is 1. The third-order valence-corrected chi connectivity index (χ3v) is 4.85. The average Bonchev–Trinajstić information content (AvgIpc) is 3.34. The lowest BCUT2D eigenvalue weighted by Gasteiger charge is -2.08. The average molecular weight is 408 g/mol. The van der Waals surface area contributed by atoms with Gasteiger partial charge in [0.05, 0.1) is 13.7 Å². The molecule has 8 nitrogen and oxygen atoms in total. The van der Waals surface area contributed by atoms with E-state index in [4.69, 9.17) is 14.2 Å². The minimum absolute atomic E-state index is 0.127. The van der Waals surface area contributed by atoms with Crippen LogP contribution < -0.4 is 24.8 Å². The topological polar surface area (TPSA) is 84.4 Å². The molecule has 0 aliphatic carbocycles. The molecule has 30 heavy (non-hydrogen) atoms. The number of nitrogens with one attached hydrogen (secondary N) is 2. The van der Waals surface area contributed by atoms with Crippen LogP contribution in [0.2, 0.25) is 0 Å². The monoisotopic (exact) mass is 408 g/mol. The van der Waals surface area contributed by atoms with Crippen LogP contribution in [0.4, 0.5) is 0 Å². The van der Waals surface area contributed by atoms with E-state index in [1.807, 2.05) is 42.5 Å². The van der Waals surface area contributed by atoms with Crippen LogP contribution in [0.3, 0.4) is 0 Å². The van der Waals surface area contributed by atoms with Crippen molar-refractivity contribution >= 4 is 17.9 Å². The zero-order valence-corrected chi connectivity index (χ0v) is 17.0. The van der Waals surface area contributed by atoms with Crippen LogP contribution in [0.1, 0.15) is 11.1 Å². The second-order valence-corrected chi connectivity index (χ2v) is 6.89. The maximum atomic E-state index is 12.5. The highest BCUT2D eigenvalue weighted by molar-refractivity contribution is 6.15. The zero-order chi connectivity index (χ0) is 20.9. The molecule has 2 N–H and O–H groups in total. The van der Waals surface area contributed by atoms with Gasteiger partial charge in [0, 0.05) is 20.1 Å². The molecule has 0 spiro atoms. The number of carbonyl (C=O) groups is 1. The lowest BCUT2D eigenvalue weighted by atomic mass is 10.1. The number of guanidine groups is 1. The number of hydrogen-bond acceptors (Lipinski definition) is 6. The first kappa shape index (κ1) is 19.8. The van der Waals surface area contributed by atoms with Gasteiger partial charge in [-0.3, -0.25) is 14.7 Å². The second kappa shape index (κ2) is 8.87. The Kier molecular flexibility index (Phi) is 5.85. The summed E-state index contributed by atoms with van der Waals surface area (Å²) in [7, 11) is 3.36. The number of nitrogens with zero attached hydrogens (tertiary/aromatic N) is 2. The summed E-state index contributed by atoms with van der Waals surface area (Å²) in [6, 6.07) is 13.5. The number of aliphatic imine (C=N–C) groups is 1. The van der Waals surface area contributed by atoms with Gasteiger partial charge >= 0.3 is 0 Å². The van der Waals surface area contributed by atoms with Gasteiger partial charge in [0.25, 0.3) is 5.91 Å². The van der Waals surface area contributed by atoms with E-state index in [1.54, 1.807) is 20.2 Å². The molecule has 0 radical (unpaired) electrons. The van der Waals surface area contributed by atoms with Crippen molar-refractivity contribution in [1.82, 2.24) is 15.5 Å². The van der Waals surface area contributed by atoms with Crippen LogP contribution in [0, 0.1) is 0 Å². The number of carbonyl (C=O) groups excluding carboxylic acids is 1. The van der Waals surface area contributed by atoms with Crippen LogP contribution in [0.25, 0.3) is 6.08 Å². The molecule has 0 unspecified atom stereocenters. The van der Waals surface area contributed by atoms with Gasteiger partial charge in [-0.2, -0.15) is 0 Å². The molecule has 1 saturated heterocycles. The molecule has 2 aliphatic heterocycles. The normalized spacial score (nSPS) is 17.7. The summed E-state index contributed by atoms with van der Waals surface area (Å²) < 4.78 is 15.9. The molecule has 8 heteroatoms. The van der Waals surface area contributed by atoms with Crippen LogP contribution in [-0.2, 0) is 11.3 Å². The summed E-state index contributed by atoms with van der Waals surface area (Å²) in [4.78, 5) is 18.5. The summed E-state index contributed by atoms with van der Waals surface area (Å²) >= 11 is 0. The number of ether oxygens (including phenoxy) is 3. The SMILES string of the molecule is COc1ccc(CNCCN=C2N/C(=C\c3ccc4c(c3)OCO4)C(=O)N2C)cc1. The van der Waals surface area contributed by atoms with Gasteiger partial charge in [-0.1, -0.05) is 18.2 Å². The van der Waals surface area contributed by atoms with Crippen molar-refractivity contribution in [3.63, 3.8) is 0 Å². The highest BCUT2D eigenvalue weighted by Crippen LogP contribution is 2.33. The standard InChI is InChI=1S/C22H24N4O4/c1-26-21(27)18(11-16-5-8-19-20(12-16)30-14-29-19)25-22(26)24-10-9-23-13-15-3-6-17(28-2)7-4-15/h3-8,11-12,23H,9-10,13-14H2,1-2H3,(H,24,25)/b18-11-. The molecule has 2 aliphatic rings. The third-order valence-electron chi connectivity index (χ3n) is 4.85. The van der Waals surface area contributed by atoms with Crippen molar-refractivity contribution in [3.8, 4) is 17.2 Å². The quantitative estimate of drug-likeness (QED) is 0.538. The van der Waals surface area contributed by atoms with E-state index in [1.165, 1.54) is 10.5 Å². The van der Waals surface area contributed by atoms with E-state index < -0.39 is 0 Å². The van der Waals surface area contributed by atoms with E-state index in [-0.39, 0.29) is 12.7 Å². The molecule has 0 bridgehead atoms. The molecule has 156 valence electrons. The Hall–Kier alpha value is -3.52. The van der Waals surface area contributed by atoms with Crippen molar-refractivity contribution in [1.29, 1.82) is 0 Å².